The first-order chi connectivity index (χ1) is 10.7. The quantitative estimate of drug-likeness (QED) is 0.756. The van der Waals surface area contributed by atoms with Crippen LogP contribution in [0, 0.1) is 5.92 Å². The van der Waals surface area contributed by atoms with Gasteiger partial charge in [0, 0.05) is 18.3 Å². The van der Waals surface area contributed by atoms with Crippen molar-refractivity contribution in [1.82, 2.24) is 5.32 Å². The third kappa shape index (κ3) is 5.52. The molecule has 6 heteroatoms. The van der Waals surface area contributed by atoms with Gasteiger partial charge in [-0.3, -0.25) is 0 Å². The number of nitrogens with one attached hydrogen (secondary N) is 2. The highest BCUT2D eigenvalue weighted by molar-refractivity contribution is 5.89. The number of hydrogen-bond donors (Lipinski definition) is 3. The minimum Gasteiger partial charge on any atom is -0.491 e. The van der Waals surface area contributed by atoms with Gasteiger partial charge in [-0.1, -0.05) is 12.5 Å². The SMILES string of the molecule is O=C(NCC1CCCC(O)C1)Nc1cccc(OCCF)c1. The zero-order valence-electron chi connectivity index (χ0n) is 12.6. The Kier molecular flexibility index (Phi) is 6.45. The van der Waals surface area contributed by atoms with Crippen LogP contribution in [-0.4, -0.2) is 37.1 Å². The number of aliphatic hydroxyl groups is 1. The Balaban J connectivity index is 1.76. The highest BCUT2D eigenvalue weighted by Gasteiger charge is 2.20. The number of rotatable bonds is 6. The molecule has 0 aromatic heterocycles. The van der Waals surface area contributed by atoms with Crippen molar-refractivity contribution in [3.63, 3.8) is 0 Å². The fourth-order valence-electron chi connectivity index (χ4n) is 2.68. The molecular weight excluding hydrogens is 287 g/mol. The number of benzene rings is 1. The number of carbonyl (C=O) groups is 1. The van der Waals surface area contributed by atoms with Gasteiger partial charge >= 0.3 is 6.03 Å². The molecule has 0 bridgehead atoms. The molecule has 0 radical (unpaired) electrons. The fraction of sp³-hybridized carbons (Fsp3) is 0.562. The van der Waals surface area contributed by atoms with Crippen LogP contribution in [0.15, 0.2) is 24.3 Å². The van der Waals surface area contributed by atoms with Crippen molar-refractivity contribution in [3.05, 3.63) is 24.3 Å². The molecule has 1 fully saturated rings. The molecule has 1 aliphatic rings. The zero-order valence-corrected chi connectivity index (χ0v) is 12.6. The Morgan fingerprint density at radius 3 is 3.05 bits per heavy atom. The first kappa shape index (κ1) is 16.5. The molecule has 2 rings (SSSR count). The van der Waals surface area contributed by atoms with E-state index in [9.17, 15) is 14.3 Å². The lowest BCUT2D eigenvalue weighted by molar-refractivity contribution is 0.101. The van der Waals surface area contributed by atoms with Crippen molar-refractivity contribution in [2.75, 3.05) is 25.1 Å². The zero-order chi connectivity index (χ0) is 15.8. The van der Waals surface area contributed by atoms with Gasteiger partial charge in [0.15, 0.2) is 0 Å². The van der Waals surface area contributed by atoms with E-state index in [0.717, 1.165) is 25.7 Å². The van der Waals surface area contributed by atoms with Crippen LogP contribution >= 0.6 is 0 Å². The number of amides is 2. The summed E-state index contributed by atoms with van der Waals surface area (Å²) in [5.74, 6) is 0.847. The molecule has 1 aromatic rings. The minimum atomic E-state index is -0.550. The van der Waals surface area contributed by atoms with Gasteiger partial charge in [0.1, 0.15) is 19.0 Å². The Bertz CT molecular complexity index is 484. The Hall–Kier alpha value is -1.82. The lowest BCUT2D eigenvalue weighted by Gasteiger charge is -2.25. The summed E-state index contributed by atoms with van der Waals surface area (Å²) in [6, 6.07) is 6.55. The first-order valence-electron chi connectivity index (χ1n) is 7.69. The molecule has 1 aromatic carbocycles. The summed E-state index contributed by atoms with van der Waals surface area (Å²) < 4.78 is 17.2. The number of carbonyl (C=O) groups excluding carboxylic acids is 1. The Morgan fingerprint density at radius 1 is 1.41 bits per heavy atom. The molecule has 3 N–H and O–H groups in total. The molecule has 122 valence electrons. The van der Waals surface area contributed by atoms with Crippen molar-refractivity contribution in [3.8, 4) is 5.75 Å². The molecule has 0 heterocycles. The van der Waals surface area contributed by atoms with Crippen molar-refractivity contribution >= 4 is 11.7 Å². The molecule has 2 atom stereocenters. The van der Waals surface area contributed by atoms with Crippen LogP contribution in [0.25, 0.3) is 0 Å². The number of anilines is 1. The topological polar surface area (TPSA) is 70.6 Å². The Morgan fingerprint density at radius 2 is 2.27 bits per heavy atom. The van der Waals surface area contributed by atoms with Gasteiger partial charge in [0.2, 0.25) is 0 Å². The molecule has 5 nitrogen and oxygen atoms in total. The first-order valence-corrected chi connectivity index (χ1v) is 7.69. The molecule has 22 heavy (non-hydrogen) atoms. The number of alkyl halides is 1. The minimum absolute atomic E-state index is 0.000341. The molecule has 0 spiro atoms. The van der Waals surface area contributed by atoms with Gasteiger partial charge in [-0.05, 0) is 37.3 Å². The van der Waals surface area contributed by atoms with Gasteiger partial charge in [-0.15, -0.1) is 0 Å². The van der Waals surface area contributed by atoms with Crippen LogP contribution in [0.5, 0.6) is 5.75 Å². The fourth-order valence-corrected chi connectivity index (χ4v) is 2.68. The van der Waals surface area contributed by atoms with Crippen LogP contribution < -0.4 is 15.4 Å². The second kappa shape index (κ2) is 8.58. The number of hydrogen-bond acceptors (Lipinski definition) is 3. The van der Waals surface area contributed by atoms with Crippen LogP contribution in [0.3, 0.4) is 0 Å². The van der Waals surface area contributed by atoms with E-state index in [1.165, 1.54) is 0 Å². The van der Waals surface area contributed by atoms with Crippen molar-refractivity contribution in [2.45, 2.75) is 31.8 Å². The number of halogens is 1. The van der Waals surface area contributed by atoms with E-state index < -0.39 is 6.67 Å². The van der Waals surface area contributed by atoms with Gasteiger partial charge in [-0.2, -0.15) is 0 Å². The van der Waals surface area contributed by atoms with Gasteiger partial charge in [0.25, 0.3) is 0 Å². The Labute approximate surface area is 129 Å². The van der Waals surface area contributed by atoms with E-state index in [1.54, 1.807) is 24.3 Å². The van der Waals surface area contributed by atoms with E-state index in [-0.39, 0.29) is 18.7 Å². The molecule has 0 saturated heterocycles. The molecular formula is C16H23FN2O3. The second-order valence-corrected chi connectivity index (χ2v) is 5.59. The predicted molar refractivity (Wildman–Crippen MR) is 82.9 cm³/mol. The van der Waals surface area contributed by atoms with Crippen LogP contribution in [-0.2, 0) is 0 Å². The highest BCUT2D eigenvalue weighted by atomic mass is 19.1. The summed E-state index contributed by atoms with van der Waals surface area (Å²) in [6.07, 6.45) is 3.39. The van der Waals surface area contributed by atoms with Crippen LogP contribution in [0.2, 0.25) is 0 Å². The number of ether oxygens (including phenoxy) is 1. The summed E-state index contributed by atoms with van der Waals surface area (Å²) in [5, 5.41) is 15.2. The molecule has 1 aliphatic carbocycles. The maximum atomic E-state index is 12.1. The lowest BCUT2D eigenvalue weighted by Crippen LogP contribution is -2.35. The summed E-state index contributed by atoms with van der Waals surface area (Å²) in [4.78, 5) is 11.9. The second-order valence-electron chi connectivity index (χ2n) is 5.59. The van der Waals surface area contributed by atoms with Gasteiger partial charge < -0.3 is 20.5 Å². The highest BCUT2D eigenvalue weighted by Crippen LogP contribution is 2.23. The summed E-state index contributed by atoms with van der Waals surface area (Å²) in [7, 11) is 0. The third-order valence-corrected chi connectivity index (χ3v) is 3.74. The smallest absolute Gasteiger partial charge is 0.319 e. The number of urea groups is 1. The monoisotopic (exact) mass is 310 g/mol. The van der Waals surface area contributed by atoms with Crippen LogP contribution in [0.1, 0.15) is 25.7 Å². The summed E-state index contributed by atoms with van der Waals surface area (Å²) >= 11 is 0. The average Bonchev–Trinajstić information content (AvgIpc) is 2.51. The normalized spacial score (nSPS) is 21.2. The molecule has 1 saturated carbocycles. The van der Waals surface area contributed by atoms with E-state index >= 15 is 0 Å². The van der Waals surface area contributed by atoms with E-state index in [4.69, 9.17) is 4.74 Å². The van der Waals surface area contributed by atoms with Gasteiger partial charge in [0.05, 0.1) is 6.10 Å². The van der Waals surface area contributed by atoms with Crippen molar-refractivity contribution in [1.29, 1.82) is 0 Å². The van der Waals surface area contributed by atoms with E-state index in [1.807, 2.05) is 0 Å². The average molecular weight is 310 g/mol. The van der Waals surface area contributed by atoms with E-state index in [0.29, 0.717) is 23.9 Å². The van der Waals surface area contributed by atoms with E-state index in [2.05, 4.69) is 10.6 Å². The largest absolute Gasteiger partial charge is 0.491 e. The molecule has 0 aliphatic heterocycles. The third-order valence-electron chi connectivity index (χ3n) is 3.74. The van der Waals surface area contributed by atoms with Gasteiger partial charge in [-0.25, -0.2) is 9.18 Å². The lowest BCUT2D eigenvalue weighted by atomic mass is 9.87. The summed E-state index contributed by atoms with van der Waals surface area (Å²) in [5.41, 5.74) is 0.595. The maximum Gasteiger partial charge on any atom is 0.319 e. The molecule has 2 amide bonds. The van der Waals surface area contributed by atoms with Crippen molar-refractivity contribution < 1.29 is 19.0 Å². The predicted octanol–water partition coefficient (Wildman–Crippen LogP) is 2.71. The maximum absolute atomic E-state index is 12.1. The van der Waals surface area contributed by atoms with Crippen molar-refractivity contribution in [2.24, 2.45) is 5.92 Å². The molecule has 2 unspecified atom stereocenters. The standard InChI is InChI=1S/C16H23FN2O3/c17-7-8-22-15-6-2-4-13(10-15)19-16(21)18-11-12-3-1-5-14(20)9-12/h2,4,6,10,12,14,20H,1,3,5,7-9,11H2,(H2,18,19,21). The number of aliphatic hydroxyl groups excluding tert-OH is 1. The summed E-state index contributed by atoms with van der Waals surface area (Å²) in [6.45, 7) is 0.00593. The van der Waals surface area contributed by atoms with Crippen LogP contribution in [0.4, 0.5) is 14.9 Å².